The molecule has 19 rings (SSSR count). The average Bonchev–Trinajstić information content (AvgIpc) is 1.68. The van der Waals surface area contributed by atoms with E-state index in [-0.39, 0.29) is 30.2 Å². The van der Waals surface area contributed by atoms with E-state index in [2.05, 4.69) is 95.8 Å². The number of amides is 10. The van der Waals surface area contributed by atoms with E-state index < -0.39 is 6.67 Å². The number of allylic oxidation sites excluding steroid dienone is 4. The van der Waals surface area contributed by atoms with Crippen LogP contribution in [0.15, 0.2) is 140 Å². The number of aromatic amines is 5. The monoisotopic (exact) mass is 1710 g/mol. The minimum absolute atomic E-state index is 0.0820. The lowest BCUT2D eigenvalue weighted by molar-refractivity contribution is 0.161. The molecular formula is C87H94Cl5FN20O6. The highest BCUT2D eigenvalue weighted by molar-refractivity contribution is 6.32. The minimum Gasteiger partial charge on any atom is -0.377 e. The first-order chi connectivity index (χ1) is 58.0. The van der Waals surface area contributed by atoms with Gasteiger partial charge in [0.15, 0.2) is 0 Å². The Morgan fingerprint density at radius 2 is 0.706 bits per heavy atom. The van der Waals surface area contributed by atoms with Gasteiger partial charge in [-0.25, -0.2) is 28.4 Å². The van der Waals surface area contributed by atoms with Crippen molar-refractivity contribution in [1.29, 1.82) is 0 Å². The highest BCUT2D eigenvalue weighted by Crippen LogP contribution is 2.39. The summed E-state index contributed by atoms with van der Waals surface area (Å²) < 4.78 is 18.2. The maximum atomic E-state index is 12.8. The van der Waals surface area contributed by atoms with Gasteiger partial charge in [0.25, 0.3) is 0 Å². The largest absolute Gasteiger partial charge is 0.377 e. The molecule has 10 N–H and O–H groups in total. The zero-order chi connectivity index (χ0) is 82.3. The number of urea groups is 5. The predicted molar refractivity (Wildman–Crippen MR) is 464 cm³/mol. The van der Waals surface area contributed by atoms with Gasteiger partial charge < -0.3 is 55.8 Å². The van der Waals surface area contributed by atoms with Gasteiger partial charge in [-0.3, -0.25) is 25.5 Å². The van der Waals surface area contributed by atoms with Crippen LogP contribution in [0.2, 0.25) is 25.1 Å². The number of hydrogen-bond donors (Lipinski definition) is 10. The molecule has 11 heterocycles. The van der Waals surface area contributed by atoms with Crippen LogP contribution in [-0.4, -0.2) is 152 Å². The van der Waals surface area contributed by atoms with Gasteiger partial charge >= 0.3 is 30.2 Å². The van der Waals surface area contributed by atoms with Crippen molar-refractivity contribution in [2.24, 2.45) is 0 Å². The molecule has 6 aliphatic heterocycles. The zero-order valence-corrected chi connectivity index (χ0v) is 69.5. The van der Waals surface area contributed by atoms with Crippen LogP contribution in [0.4, 0.5) is 56.8 Å². The molecule has 0 saturated heterocycles. The summed E-state index contributed by atoms with van der Waals surface area (Å²) in [5.41, 5.74) is 22.9. The second kappa shape index (κ2) is 39.3. The highest BCUT2D eigenvalue weighted by atomic mass is 35.5. The van der Waals surface area contributed by atoms with Crippen molar-refractivity contribution in [3.05, 3.63) is 249 Å². The van der Waals surface area contributed by atoms with Crippen molar-refractivity contribution in [3.63, 3.8) is 0 Å². The number of nitrogens with zero attached hydrogens (tertiary/aromatic N) is 10. The lowest BCUT2D eigenvalue weighted by atomic mass is 9.93. The molecule has 3 aliphatic carbocycles. The Hall–Kier alpha value is -10.9. The average molecular weight is 1710 g/mol. The first kappa shape index (κ1) is 83.1. The van der Waals surface area contributed by atoms with Crippen LogP contribution >= 0.6 is 58.0 Å². The summed E-state index contributed by atoms with van der Waals surface area (Å²) in [5.74, 6) is 0.556. The van der Waals surface area contributed by atoms with E-state index in [1.807, 2.05) is 68.1 Å². The Kier molecular flexibility index (Phi) is 27.5. The van der Waals surface area contributed by atoms with E-state index in [1.54, 1.807) is 77.7 Å². The highest BCUT2D eigenvalue weighted by Gasteiger charge is 2.34. The zero-order valence-electron chi connectivity index (χ0n) is 65.8. The topological polar surface area (TPSA) is 314 Å². The van der Waals surface area contributed by atoms with E-state index in [4.69, 9.17) is 62.7 Å². The van der Waals surface area contributed by atoms with Crippen molar-refractivity contribution in [1.82, 2.24) is 75.5 Å². The van der Waals surface area contributed by atoms with Gasteiger partial charge in [-0.15, -0.1) is 0 Å². The van der Waals surface area contributed by atoms with Gasteiger partial charge in [-0.05, 0) is 172 Å². The number of halogens is 6. The fraction of sp³-hybridized carbons (Fsp3) is 0.356. The maximum Gasteiger partial charge on any atom is 0.322 e. The fourth-order valence-corrected chi connectivity index (χ4v) is 17.3. The van der Waals surface area contributed by atoms with Crippen LogP contribution < -0.4 is 26.6 Å². The van der Waals surface area contributed by atoms with E-state index >= 15 is 0 Å². The Bertz CT molecular complexity index is 5260. The number of H-pyrrole nitrogens is 5. The van der Waals surface area contributed by atoms with E-state index in [0.717, 1.165) is 120 Å². The summed E-state index contributed by atoms with van der Waals surface area (Å²) in [7, 11) is 0. The molecule has 0 unspecified atom stereocenters. The number of nitrogens with one attached hydrogen (secondary N) is 10. The fourth-order valence-electron chi connectivity index (χ4n) is 16.4. The molecule has 0 atom stereocenters. The summed E-state index contributed by atoms with van der Waals surface area (Å²) in [6, 6.07) is 35.2. The first-order valence-corrected chi connectivity index (χ1v) is 42.5. The molecule has 1 saturated carbocycles. The summed E-state index contributed by atoms with van der Waals surface area (Å²) in [6.45, 7) is 6.70. The molecule has 10 amide bonds. The summed E-state index contributed by atoms with van der Waals surface area (Å²) in [5, 5.41) is 55.0. The molecule has 0 radical (unpaired) electrons. The van der Waals surface area contributed by atoms with Crippen molar-refractivity contribution in [2.45, 2.75) is 154 Å². The summed E-state index contributed by atoms with van der Waals surface area (Å²) in [6.07, 6.45) is 24.4. The molecule has 5 aromatic heterocycles. The molecule has 1 fully saturated rings. The van der Waals surface area contributed by atoms with Crippen molar-refractivity contribution >= 4 is 133 Å². The van der Waals surface area contributed by atoms with Gasteiger partial charge in [0.2, 0.25) is 0 Å². The number of carbonyl (C=O) groups is 5. The van der Waals surface area contributed by atoms with Crippen molar-refractivity contribution in [2.75, 3.05) is 72.5 Å². The number of ether oxygens (including phenoxy) is 1. The Morgan fingerprint density at radius 1 is 0.378 bits per heavy atom. The van der Waals surface area contributed by atoms with Gasteiger partial charge in [0.05, 0.1) is 74.4 Å². The van der Waals surface area contributed by atoms with Gasteiger partial charge in [0.1, 0.15) is 6.67 Å². The minimum atomic E-state index is -0.629. The number of alkyl halides is 1. The van der Waals surface area contributed by atoms with Crippen LogP contribution in [-0.2, 0) is 76.2 Å². The molecular weight excluding hydrogens is 1620 g/mol. The summed E-state index contributed by atoms with van der Waals surface area (Å²) >= 11 is 29.8. The number of fused-ring (bicyclic) bond motifs is 5. The van der Waals surface area contributed by atoms with Crippen LogP contribution in [0.1, 0.15) is 168 Å². The lowest BCUT2D eigenvalue weighted by Crippen LogP contribution is -2.39. The SMILES string of the molecule is O=C(Nc1cccc(Cl)c1)N1CCc2[nH]nc(C3=CCCC3)c2C1.O=C(Nc1cccc(Cl)c1)N1CCc2[nH]nc(C3=CCCCC3)c2C1.O=C(Nc1cccc(Cl)c1)N1CCc2[nH]nc(C3=CCOCC3)c2C1.O=C(Nc1cccc(Cl)c1)N1CCc2[nH]nc(C3CCCC3)c2C1.O=C(Nc1cccc(Cl)c1)N1CCc2[nH]nc(CF)c2C1. The third-order valence-corrected chi connectivity index (χ3v) is 23.9. The Labute approximate surface area is 713 Å². The van der Waals surface area contributed by atoms with Crippen LogP contribution in [0.5, 0.6) is 0 Å². The molecule has 0 spiro atoms. The van der Waals surface area contributed by atoms with E-state index in [0.29, 0.717) is 145 Å². The number of hydrogen-bond acceptors (Lipinski definition) is 11. The summed E-state index contributed by atoms with van der Waals surface area (Å²) in [4.78, 5) is 71.6. The smallest absolute Gasteiger partial charge is 0.322 e. The molecule has 0 bridgehead atoms. The standard InChI is InChI=1S/C19H21ClN4O.C18H19ClN4O2.C18H21ClN4O.C18H19ClN4O.C14H14ClFN4O/c20-14-7-4-8-15(11-14)21-19(25)24-10-9-17-16(12-24)18(23-22-17)13-5-2-1-3-6-13;19-13-2-1-3-14(10-13)20-18(24)23-7-4-16-15(11-23)17(22-21-16)12-5-8-25-9-6-12;2*19-13-6-3-7-14(10-13)20-18(24)23-9-8-16-15(11-23)17(22-21-16)12-4-1-2-5-12;15-9-2-1-3-10(6-9)17-14(21)20-5-4-12-11(8-20)13(7-16)19-18-12/h4-5,7-8,11H,1-3,6,9-10,12H2,(H,21,25)(H,22,23);1-3,5,10H,4,6-9,11H2,(H,20,24)(H,21,22);3,6-7,10,12H,1-2,4-5,8-9,11H2,(H,20,24)(H,21,22);3-4,6-7,10H,1-2,5,8-9,11H2,(H,20,24)(H,21,22);1-3,6H,4-5,7-8H2,(H,17,21)(H,18,19). The number of anilines is 5. The van der Waals surface area contributed by atoms with Crippen LogP contribution in [0.25, 0.3) is 16.7 Å². The molecule has 620 valence electrons. The van der Waals surface area contributed by atoms with Crippen molar-refractivity contribution < 1.29 is 33.1 Å². The van der Waals surface area contributed by atoms with Gasteiger partial charge in [-0.2, -0.15) is 25.5 Å². The predicted octanol–water partition coefficient (Wildman–Crippen LogP) is 19.7. The van der Waals surface area contributed by atoms with Crippen LogP contribution in [0.3, 0.4) is 0 Å². The van der Waals surface area contributed by atoms with Crippen molar-refractivity contribution in [3.8, 4) is 0 Å². The van der Waals surface area contributed by atoms with Crippen LogP contribution in [0, 0.1) is 0 Å². The maximum absolute atomic E-state index is 12.8. The molecule has 10 aromatic rings. The number of rotatable bonds is 10. The third kappa shape index (κ3) is 21.0. The van der Waals surface area contributed by atoms with Gasteiger partial charge in [-0.1, -0.05) is 119 Å². The molecule has 119 heavy (non-hydrogen) atoms. The quantitative estimate of drug-likeness (QED) is 0.0614. The van der Waals surface area contributed by atoms with E-state index in [1.165, 1.54) is 84.2 Å². The third-order valence-electron chi connectivity index (χ3n) is 22.7. The molecule has 26 nitrogen and oxygen atoms in total. The normalized spacial score (nSPS) is 16.6. The lowest BCUT2D eigenvalue weighted by Gasteiger charge is -2.28. The Balaban J connectivity index is 0.000000116. The second-order valence-electron chi connectivity index (χ2n) is 30.6. The van der Waals surface area contributed by atoms with Gasteiger partial charge in [0, 0.05) is 181 Å². The Morgan fingerprint density at radius 3 is 1.05 bits per heavy atom. The van der Waals surface area contributed by atoms with E-state index in [9.17, 15) is 28.4 Å². The number of aromatic nitrogens is 10. The number of carbonyl (C=O) groups excluding carboxylic acids is 5. The molecule has 9 aliphatic rings. The molecule has 32 heteroatoms. The second-order valence-corrected chi connectivity index (χ2v) is 32.8. The number of benzene rings is 5. The molecule has 5 aromatic carbocycles. The first-order valence-electron chi connectivity index (χ1n) is 40.6.